The Morgan fingerprint density at radius 1 is 1.39 bits per heavy atom. The van der Waals surface area contributed by atoms with E-state index in [2.05, 4.69) is 5.10 Å². The Bertz CT molecular complexity index is 719. The second kappa shape index (κ2) is 6.07. The van der Waals surface area contributed by atoms with Gasteiger partial charge in [-0.1, -0.05) is 0 Å². The van der Waals surface area contributed by atoms with Gasteiger partial charge in [-0.3, -0.25) is 19.6 Å². The highest BCUT2D eigenvalue weighted by Crippen LogP contribution is 2.22. The van der Waals surface area contributed by atoms with Gasteiger partial charge in [0.25, 0.3) is 11.6 Å². The SMILES string of the molecule is CCn1cc(C(=O)N2CC(Oc3ccc([N+](=O)[O-])cc3)C2)cn1. The van der Waals surface area contributed by atoms with Crippen molar-refractivity contribution in [2.24, 2.45) is 0 Å². The molecular formula is C15H16N4O4. The van der Waals surface area contributed by atoms with Crippen LogP contribution < -0.4 is 4.74 Å². The molecule has 23 heavy (non-hydrogen) atoms. The first-order valence-corrected chi connectivity index (χ1v) is 7.29. The van der Waals surface area contributed by atoms with Crippen molar-refractivity contribution in [3.63, 3.8) is 0 Å². The summed E-state index contributed by atoms with van der Waals surface area (Å²) in [7, 11) is 0. The average Bonchev–Trinajstić information content (AvgIpc) is 2.99. The number of nitrogens with zero attached hydrogens (tertiary/aromatic N) is 4. The van der Waals surface area contributed by atoms with Crippen LogP contribution in [0.3, 0.4) is 0 Å². The zero-order chi connectivity index (χ0) is 16.4. The Labute approximate surface area is 132 Å². The molecule has 2 aromatic rings. The number of non-ortho nitro benzene ring substituents is 1. The van der Waals surface area contributed by atoms with E-state index in [1.165, 1.54) is 12.1 Å². The number of rotatable bonds is 5. The molecule has 1 aromatic carbocycles. The number of nitro benzene ring substituents is 1. The lowest BCUT2D eigenvalue weighted by Gasteiger charge is -2.38. The number of amides is 1. The summed E-state index contributed by atoms with van der Waals surface area (Å²) in [6, 6.07) is 5.92. The third kappa shape index (κ3) is 3.15. The zero-order valence-corrected chi connectivity index (χ0v) is 12.6. The number of hydrogen-bond donors (Lipinski definition) is 0. The van der Waals surface area contributed by atoms with Gasteiger partial charge >= 0.3 is 0 Å². The van der Waals surface area contributed by atoms with Crippen LogP contribution in [0.1, 0.15) is 17.3 Å². The molecule has 8 heteroatoms. The molecule has 1 amide bonds. The van der Waals surface area contributed by atoms with Gasteiger partial charge in [-0.05, 0) is 19.1 Å². The monoisotopic (exact) mass is 316 g/mol. The topological polar surface area (TPSA) is 90.5 Å². The predicted octanol–water partition coefficient (Wildman–Crippen LogP) is 1.71. The number of likely N-dealkylation sites (tertiary alicyclic amines) is 1. The van der Waals surface area contributed by atoms with Crippen LogP contribution in [0.4, 0.5) is 5.69 Å². The van der Waals surface area contributed by atoms with Crippen molar-refractivity contribution in [1.82, 2.24) is 14.7 Å². The summed E-state index contributed by atoms with van der Waals surface area (Å²) < 4.78 is 7.40. The van der Waals surface area contributed by atoms with Crippen LogP contribution in [0.5, 0.6) is 5.75 Å². The maximum Gasteiger partial charge on any atom is 0.269 e. The molecule has 0 spiro atoms. The molecule has 0 saturated carbocycles. The average molecular weight is 316 g/mol. The van der Waals surface area contributed by atoms with Gasteiger partial charge in [-0.25, -0.2) is 0 Å². The second-order valence-corrected chi connectivity index (χ2v) is 5.29. The molecule has 1 aliphatic heterocycles. The molecule has 2 heterocycles. The minimum Gasteiger partial charge on any atom is -0.487 e. The predicted molar refractivity (Wildman–Crippen MR) is 81.3 cm³/mol. The third-order valence-corrected chi connectivity index (χ3v) is 3.69. The van der Waals surface area contributed by atoms with E-state index in [9.17, 15) is 14.9 Å². The van der Waals surface area contributed by atoms with Crippen molar-refractivity contribution in [2.75, 3.05) is 13.1 Å². The molecular weight excluding hydrogens is 300 g/mol. The molecule has 0 unspecified atom stereocenters. The Balaban J connectivity index is 1.52. The van der Waals surface area contributed by atoms with E-state index in [1.54, 1.807) is 34.1 Å². The van der Waals surface area contributed by atoms with Crippen LogP contribution in [-0.4, -0.2) is 44.7 Å². The quantitative estimate of drug-likeness (QED) is 0.619. The van der Waals surface area contributed by atoms with E-state index in [4.69, 9.17) is 4.74 Å². The number of carbonyl (C=O) groups excluding carboxylic acids is 1. The van der Waals surface area contributed by atoms with Crippen molar-refractivity contribution in [2.45, 2.75) is 19.6 Å². The minimum atomic E-state index is -0.454. The van der Waals surface area contributed by atoms with Crippen LogP contribution in [-0.2, 0) is 6.54 Å². The minimum absolute atomic E-state index is 0.0238. The van der Waals surface area contributed by atoms with Crippen LogP contribution in [0.15, 0.2) is 36.7 Å². The van der Waals surface area contributed by atoms with Crippen LogP contribution in [0.2, 0.25) is 0 Å². The summed E-state index contributed by atoms with van der Waals surface area (Å²) in [6.45, 7) is 3.67. The summed E-state index contributed by atoms with van der Waals surface area (Å²) in [5.74, 6) is 0.500. The van der Waals surface area contributed by atoms with E-state index in [-0.39, 0.29) is 17.7 Å². The van der Waals surface area contributed by atoms with Crippen LogP contribution in [0.25, 0.3) is 0 Å². The summed E-state index contributed by atoms with van der Waals surface area (Å²) in [6.07, 6.45) is 3.20. The van der Waals surface area contributed by atoms with Crippen molar-refractivity contribution in [3.05, 3.63) is 52.3 Å². The van der Waals surface area contributed by atoms with Gasteiger partial charge in [0.05, 0.1) is 29.8 Å². The van der Waals surface area contributed by atoms with Gasteiger partial charge in [0.2, 0.25) is 0 Å². The number of ether oxygens (including phenoxy) is 1. The fourth-order valence-corrected chi connectivity index (χ4v) is 2.35. The zero-order valence-electron chi connectivity index (χ0n) is 12.6. The van der Waals surface area contributed by atoms with E-state index in [0.717, 1.165) is 6.54 Å². The summed E-state index contributed by atoms with van der Waals surface area (Å²) in [5.41, 5.74) is 0.594. The smallest absolute Gasteiger partial charge is 0.269 e. The second-order valence-electron chi connectivity index (χ2n) is 5.29. The first-order chi connectivity index (χ1) is 11.1. The molecule has 1 fully saturated rings. The number of hydrogen-bond acceptors (Lipinski definition) is 5. The normalized spacial score (nSPS) is 14.4. The standard InChI is InChI=1S/C15H16N4O4/c1-2-18-8-11(7-16-18)15(20)17-9-14(10-17)23-13-5-3-12(4-6-13)19(21)22/h3-8,14H,2,9-10H2,1H3. The maximum absolute atomic E-state index is 12.2. The number of nitro groups is 1. The Morgan fingerprint density at radius 3 is 2.65 bits per heavy atom. The van der Waals surface area contributed by atoms with Gasteiger partial charge < -0.3 is 9.64 Å². The molecule has 1 aromatic heterocycles. The van der Waals surface area contributed by atoms with E-state index in [0.29, 0.717) is 24.4 Å². The van der Waals surface area contributed by atoms with Gasteiger partial charge in [0.15, 0.2) is 0 Å². The lowest BCUT2D eigenvalue weighted by Crippen LogP contribution is -2.56. The van der Waals surface area contributed by atoms with Crippen molar-refractivity contribution in [1.29, 1.82) is 0 Å². The fourth-order valence-electron chi connectivity index (χ4n) is 2.35. The molecule has 0 bridgehead atoms. The van der Waals surface area contributed by atoms with Crippen LogP contribution >= 0.6 is 0 Å². The number of aryl methyl sites for hydroxylation is 1. The molecule has 1 aliphatic rings. The molecule has 0 aliphatic carbocycles. The molecule has 0 radical (unpaired) electrons. The number of carbonyl (C=O) groups is 1. The summed E-state index contributed by atoms with van der Waals surface area (Å²) >= 11 is 0. The molecule has 8 nitrogen and oxygen atoms in total. The number of benzene rings is 1. The Kier molecular flexibility index (Phi) is 3.96. The lowest BCUT2D eigenvalue weighted by atomic mass is 10.1. The van der Waals surface area contributed by atoms with Gasteiger partial charge in [-0.15, -0.1) is 0 Å². The fraction of sp³-hybridized carbons (Fsp3) is 0.333. The van der Waals surface area contributed by atoms with E-state index in [1.807, 2.05) is 6.92 Å². The van der Waals surface area contributed by atoms with Crippen molar-refractivity contribution >= 4 is 11.6 Å². The van der Waals surface area contributed by atoms with E-state index >= 15 is 0 Å². The largest absolute Gasteiger partial charge is 0.487 e. The van der Waals surface area contributed by atoms with E-state index < -0.39 is 4.92 Å². The molecule has 1 saturated heterocycles. The van der Waals surface area contributed by atoms with Gasteiger partial charge in [-0.2, -0.15) is 5.10 Å². The lowest BCUT2D eigenvalue weighted by molar-refractivity contribution is -0.384. The van der Waals surface area contributed by atoms with Gasteiger partial charge in [0, 0.05) is 24.9 Å². The first-order valence-electron chi connectivity index (χ1n) is 7.29. The van der Waals surface area contributed by atoms with Crippen LogP contribution in [0, 0.1) is 10.1 Å². The third-order valence-electron chi connectivity index (χ3n) is 3.69. The summed E-state index contributed by atoms with van der Waals surface area (Å²) in [5, 5.41) is 14.7. The summed E-state index contributed by atoms with van der Waals surface area (Å²) in [4.78, 5) is 24.0. The molecule has 0 N–H and O–H groups in total. The molecule has 120 valence electrons. The molecule has 3 rings (SSSR count). The highest BCUT2D eigenvalue weighted by atomic mass is 16.6. The van der Waals surface area contributed by atoms with Gasteiger partial charge in [0.1, 0.15) is 11.9 Å². The Hall–Kier alpha value is -2.90. The van der Waals surface area contributed by atoms with Crippen molar-refractivity contribution in [3.8, 4) is 5.75 Å². The number of aromatic nitrogens is 2. The van der Waals surface area contributed by atoms with Crippen molar-refractivity contribution < 1.29 is 14.5 Å². The highest BCUT2D eigenvalue weighted by Gasteiger charge is 2.33. The first kappa shape index (κ1) is 15.0. The Morgan fingerprint density at radius 2 is 2.09 bits per heavy atom. The maximum atomic E-state index is 12.2. The molecule has 0 atom stereocenters. The highest BCUT2D eigenvalue weighted by molar-refractivity contribution is 5.94.